The van der Waals surface area contributed by atoms with Gasteiger partial charge in [0.25, 0.3) is 0 Å². The van der Waals surface area contributed by atoms with Gasteiger partial charge in [-0.3, -0.25) is 9.59 Å². The van der Waals surface area contributed by atoms with Gasteiger partial charge in [0.2, 0.25) is 11.8 Å². The third-order valence-electron chi connectivity index (χ3n) is 8.28. The molecule has 0 radical (unpaired) electrons. The molecule has 0 spiro atoms. The van der Waals surface area contributed by atoms with Crippen molar-refractivity contribution in [3.05, 3.63) is 125 Å². The Bertz CT molecular complexity index is 1420. The Balaban J connectivity index is 1.36. The summed E-state index contributed by atoms with van der Waals surface area (Å²) in [5.41, 5.74) is 7.04. The lowest BCUT2D eigenvalue weighted by atomic mass is 9.48. The largest absolute Gasteiger partial charge is 0.274 e. The molecule has 2 amide bonds. The second-order valence-corrected chi connectivity index (χ2v) is 9.78. The van der Waals surface area contributed by atoms with Gasteiger partial charge in [0, 0.05) is 11.3 Å². The minimum absolute atomic E-state index is 0.0808. The SMILES string of the molecule is CC12c3ccccc3C(c3ccccc31)[C@@H]1C(=O)N(c3ccc(-c4ccccc4)cc3)C(=O)[C@@H]12. The molecule has 3 heteroatoms. The van der Waals surface area contributed by atoms with E-state index in [1.807, 2.05) is 66.7 Å². The Kier molecular flexibility index (Phi) is 3.88. The van der Waals surface area contributed by atoms with Crippen molar-refractivity contribution in [1.29, 1.82) is 0 Å². The van der Waals surface area contributed by atoms with Crippen LogP contribution < -0.4 is 4.90 Å². The Morgan fingerprint density at radius 3 is 1.76 bits per heavy atom. The van der Waals surface area contributed by atoms with Crippen LogP contribution >= 0.6 is 0 Å². The van der Waals surface area contributed by atoms with Crippen LogP contribution in [0.2, 0.25) is 0 Å². The van der Waals surface area contributed by atoms with E-state index in [-0.39, 0.29) is 23.7 Å². The number of anilines is 1. The standard InChI is InChI=1S/C31H23NO2/c1-31-24-13-7-5-11-22(24)26(23-12-6-8-14-25(23)31)27-28(31)30(34)32(29(27)33)21-17-15-20(16-18-21)19-9-3-2-4-10-19/h2-18,26-28H,1H3/t26?,27-,28+,31?/m0/s1. The Morgan fingerprint density at radius 1 is 0.618 bits per heavy atom. The van der Waals surface area contributed by atoms with Gasteiger partial charge >= 0.3 is 0 Å². The zero-order valence-corrected chi connectivity index (χ0v) is 18.8. The monoisotopic (exact) mass is 441 g/mol. The van der Waals surface area contributed by atoms with E-state index in [0.29, 0.717) is 5.69 Å². The number of hydrogen-bond acceptors (Lipinski definition) is 2. The van der Waals surface area contributed by atoms with Crippen LogP contribution in [0, 0.1) is 11.8 Å². The predicted molar refractivity (Wildman–Crippen MR) is 133 cm³/mol. The van der Waals surface area contributed by atoms with Crippen LogP contribution in [0.4, 0.5) is 5.69 Å². The van der Waals surface area contributed by atoms with E-state index in [9.17, 15) is 9.59 Å². The maximum absolute atomic E-state index is 14.0. The van der Waals surface area contributed by atoms with Crippen molar-refractivity contribution in [1.82, 2.24) is 0 Å². The van der Waals surface area contributed by atoms with Crippen LogP contribution in [0.25, 0.3) is 11.1 Å². The van der Waals surface area contributed by atoms with Gasteiger partial charge in [-0.2, -0.15) is 0 Å². The average molecular weight is 442 g/mol. The lowest BCUT2D eigenvalue weighted by Crippen LogP contribution is -2.51. The van der Waals surface area contributed by atoms with E-state index < -0.39 is 11.3 Å². The number of hydrogen-bond donors (Lipinski definition) is 0. The van der Waals surface area contributed by atoms with Gasteiger partial charge < -0.3 is 0 Å². The number of rotatable bonds is 2. The van der Waals surface area contributed by atoms with Crippen LogP contribution in [-0.2, 0) is 15.0 Å². The van der Waals surface area contributed by atoms with Crippen LogP contribution in [0.3, 0.4) is 0 Å². The van der Waals surface area contributed by atoms with Gasteiger partial charge in [-0.15, -0.1) is 0 Å². The van der Waals surface area contributed by atoms with Gasteiger partial charge in [0.05, 0.1) is 17.5 Å². The van der Waals surface area contributed by atoms with Gasteiger partial charge in [-0.05, 0) is 45.5 Å². The van der Waals surface area contributed by atoms with Gasteiger partial charge in [-0.1, -0.05) is 97.9 Å². The first-order valence-electron chi connectivity index (χ1n) is 11.8. The topological polar surface area (TPSA) is 37.4 Å². The number of carbonyl (C=O) groups excluding carboxylic acids is 2. The molecular formula is C31H23NO2. The number of imide groups is 1. The summed E-state index contributed by atoms with van der Waals surface area (Å²) in [5, 5.41) is 0. The second-order valence-electron chi connectivity index (χ2n) is 9.78. The zero-order chi connectivity index (χ0) is 23.0. The molecule has 0 unspecified atom stereocenters. The Hall–Kier alpha value is -3.98. The summed E-state index contributed by atoms with van der Waals surface area (Å²) < 4.78 is 0. The van der Waals surface area contributed by atoms with Crippen molar-refractivity contribution >= 4 is 17.5 Å². The highest BCUT2D eigenvalue weighted by molar-refractivity contribution is 6.23. The smallest absolute Gasteiger partial charge is 0.238 e. The number of amides is 2. The normalized spacial score (nSPS) is 26.3. The highest BCUT2D eigenvalue weighted by Crippen LogP contribution is 2.64. The average Bonchev–Trinajstić information content (AvgIpc) is 3.16. The second kappa shape index (κ2) is 6.77. The van der Waals surface area contributed by atoms with Crippen LogP contribution in [0.15, 0.2) is 103 Å². The molecule has 1 saturated heterocycles. The van der Waals surface area contributed by atoms with Crippen molar-refractivity contribution in [2.45, 2.75) is 18.3 Å². The molecule has 2 atom stereocenters. The molecule has 4 aromatic rings. The van der Waals surface area contributed by atoms with Crippen molar-refractivity contribution in [3.63, 3.8) is 0 Å². The number of nitrogens with zero attached hydrogens (tertiary/aromatic N) is 1. The molecule has 164 valence electrons. The molecule has 4 aromatic carbocycles. The lowest BCUT2D eigenvalue weighted by Gasteiger charge is -2.52. The quantitative estimate of drug-likeness (QED) is 0.362. The maximum atomic E-state index is 14.0. The van der Waals surface area contributed by atoms with E-state index in [0.717, 1.165) is 11.1 Å². The van der Waals surface area contributed by atoms with E-state index in [1.54, 1.807) is 0 Å². The Morgan fingerprint density at radius 2 is 1.15 bits per heavy atom. The first-order valence-corrected chi connectivity index (χ1v) is 11.8. The summed E-state index contributed by atoms with van der Waals surface area (Å²) in [7, 11) is 0. The summed E-state index contributed by atoms with van der Waals surface area (Å²) in [4.78, 5) is 29.4. The molecule has 0 aromatic heterocycles. The summed E-state index contributed by atoms with van der Waals surface area (Å²) in [6.45, 7) is 2.16. The van der Waals surface area contributed by atoms with Crippen LogP contribution in [0.5, 0.6) is 0 Å². The third kappa shape index (κ3) is 2.31. The fraction of sp³-hybridized carbons (Fsp3) is 0.161. The lowest BCUT2D eigenvalue weighted by molar-refractivity contribution is -0.123. The molecule has 1 fully saturated rings. The summed E-state index contributed by atoms with van der Waals surface area (Å²) in [6.07, 6.45) is 0. The highest BCUT2D eigenvalue weighted by atomic mass is 16.2. The van der Waals surface area contributed by atoms with Crippen LogP contribution in [-0.4, -0.2) is 11.8 Å². The van der Waals surface area contributed by atoms with Crippen molar-refractivity contribution in [3.8, 4) is 11.1 Å². The third-order valence-corrected chi connectivity index (χ3v) is 8.28. The summed E-state index contributed by atoms with van der Waals surface area (Å²) in [6, 6.07) is 34.7. The first-order chi connectivity index (χ1) is 16.6. The molecular weight excluding hydrogens is 418 g/mol. The summed E-state index contributed by atoms with van der Waals surface area (Å²) >= 11 is 0. The molecule has 4 aliphatic rings. The summed E-state index contributed by atoms with van der Waals surface area (Å²) in [5.74, 6) is -1.04. The number of benzene rings is 4. The van der Waals surface area contributed by atoms with Gasteiger partial charge in [-0.25, -0.2) is 4.90 Å². The van der Waals surface area contributed by atoms with E-state index in [2.05, 4.69) is 43.3 Å². The molecule has 34 heavy (non-hydrogen) atoms. The molecule has 3 nitrogen and oxygen atoms in total. The molecule has 2 bridgehead atoms. The zero-order valence-electron chi connectivity index (χ0n) is 18.8. The minimum atomic E-state index is -0.530. The fourth-order valence-electron chi connectivity index (χ4n) is 6.84. The molecule has 8 rings (SSSR count). The predicted octanol–water partition coefficient (Wildman–Crippen LogP) is 5.92. The van der Waals surface area contributed by atoms with E-state index in [1.165, 1.54) is 27.2 Å². The maximum Gasteiger partial charge on any atom is 0.238 e. The fourth-order valence-corrected chi connectivity index (χ4v) is 6.84. The van der Waals surface area contributed by atoms with Gasteiger partial charge in [0.1, 0.15) is 0 Å². The minimum Gasteiger partial charge on any atom is -0.274 e. The molecule has 0 N–H and O–H groups in total. The molecule has 1 heterocycles. The van der Waals surface area contributed by atoms with Crippen molar-refractivity contribution < 1.29 is 9.59 Å². The van der Waals surface area contributed by atoms with Gasteiger partial charge in [0.15, 0.2) is 0 Å². The molecule has 0 saturated carbocycles. The van der Waals surface area contributed by atoms with E-state index in [4.69, 9.17) is 0 Å². The van der Waals surface area contributed by atoms with Crippen LogP contribution in [0.1, 0.15) is 35.1 Å². The number of carbonyl (C=O) groups is 2. The highest BCUT2D eigenvalue weighted by Gasteiger charge is 2.66. The Labute approximate surface area is 198 Å². The molecule has 3 aliphatic carbocycles. The van der Waals surface area contributed by atoms with Crippen molar-refractivity contribution in [2.75, 3.05) is 4.90 Å². The van der Waals surface area contributed by atoms with E-state index >= 15 is 0 Å². The van der Waals surface area contributed by atoms with Crippen molar-refractivity contribution in [2.24, 2.45) is 11.8 Å². The molecule has 1 aliphatic heterocycles. The first kappa shape index (κ1) is 19.5.